The molecule has 1 nitrogen and oxygen atoms in total. The summed E-state index contributed by atoms with van der Waals surface area (Å²) in [6, 6.07) is 3.89. The zero-order valence-electron chi connectivity index (χ0n) is 4.09. The Kier molecular flexibility index (Phi) is 9.82. The number of H-pyrrole nitrogens is 1. The standard InChI is InChI=1S/C4H5N.Ga.Zn/c1-2-4-5-3-1;;/h1-5H;;. The van der Waals surface area contributed by atoms with Crippen LogP contribution in [-0.4, -0.2) is 24.8 Å². The van der Waals surface area contributed by atoms with Crippen LogP contribution in [0.2, 0.25) is 0 Å². The smallest absolute Gasteiger partial charge is 0.000496 e. The summed E-state index contributed by atoms with van der Waals surface area (Å²) >= 11 is 0. The molecule has 0 atom stereocenters. The van der Waals surface area contributed by atoms with Gasteiger partial charge in [-0.1, -0.05) is 0 Å². The van der Waals surface area contributed by atoms with Gasteiger partial charge in [0.05, 0.1) is 0 Å². The predicted molar refractivity (Wildman–Crippen MR) is 26.5 cm³/mol. The summed E-state index contributed by atoms with van der Waals surface area (Å²) in [5.74, 6) is 0. The van der Waals surface area contributed by atoms with Crippen molar-refractivity contribution in [1.29, 1.82) is 0 Å². The zero-order valence-corrected chi connectivity index (χ0v) is 9.48. The van der Waals surface area contributed by atoms with Crippen LogP contribution < -0.4 is 0 Å². The molecule has 1 rings (SSSR count). The number of nitrogens with one attached hydrogen (secondary N) is 1. The maximum Gasteiger partial charge on any atom is 0.000496 e. The molecule has 0 amide bonds. The van der Waals surface area contributed by atoms with E-state index in [2.05, 4.69) is 4.98 Å². The van der Waals surface area contributed by atoms with Crippen LogP contribution in [0.25, 0.3) is 0 Å². The van der Waals surface area contributed by atoms with E-state index in [1.54, 1.807) is 0 Å². The summed E-state index contributed by atoms with van der Waals surface area (Å²) in [5, 5.41) is 0. The predicted octanol–water partition coefficient (Wildman–Crippen LogP) is 0.631. The molecular weight excluding hydrogens is 197 g/mol. The topological polar surface area (TPSA) is 15.8 Å². The fourth-order valence-electron chi connectivity index (χ4n) is 0.278. The Morgan fingerprint density at radius 1 is 1.00 bits per heavy atom. The second-order valence-corrected chi connectivity index (χ2v) is 0.885. The normalized spacial score (nSPS) is 5.71. The van der Waals surface area contributed by atoms with Crippen LogP contribution in [0.15, 0.2) is 24.5 Å². The molecule has 0 spiro atoms. The molecule has 0 aliphatic rings. The van der Waals surface area contributed by atoms with Crippen LogP contribution in [-0.2, 0) is 19.5 Å². The van der Waals surface area contributed by atoms with Gasteiger partial charge < -0.3 is 4.98 Å². The second kappa shape index (κ2) is 6.54. The molecule has 0 bridgehead atoms. The maximum absolute atomic E-state index is 2.86. The van der Waals surface area contributed by atoms with Gasteiger partial charge in [-0.2, -0.15) is 0 Å². The average molecular weight is 202 g/mol. The Morgan fingerprint density at radius 2 is 1.43 bits per heavy atom. The van der Waals surface area contributed by atoms with Crippen molar-refractivity contribution >= 4 is 19.8 Å². The summed E-state index contributed by atoms with van der Waals surface area (Å²) in [5.41, 5.74) is 0. The van der Waals surface area contributed by atoms with Crippen LogP contribution in [0.5, 0.6) is 0 Å². The van der Waals surface area contributed by atoms with Crippen molar-refractivity contribution in [2.75, 3.05) is 0 Å². The van der Waals surface area contributed by atoms with E-state index in [-0.39, 0.29) is 39.3 Å². The zero-order chi connectivity index (χ0) is 3.54. The Labute approximate surface area is 68.7 Å². The van der Waals surface area contributed by atoms with Crippen molar-refractivity contribution in [3.05, 3.63) is 24.5 Å². The van der Waals surface area contributed by atoms with Gasteiger partial charge in [0.2, 0.25) is 0 Å². The van der Waals surface area contributed by atoms with Crippen molar-refractivity contribution in [3.63, 3.8) is 0 Å². The van der Waals surface area contributed by atoms with E-state index in [0.717, 1.165) is 0 Å². The number of hydrogen-bond acceptors (Lipinski definition) is 0. The van der Waals surface area contributed by atoms with Gasteiger partial charge in [0.15, 0.2) is 0 Å². The largest absolute Gasteiger partial charge is 0.368 e. The minimum atomic E-state index is 0. The third-order valence-electron chi connectivity index (χ3n) is 0.496. The fraction of sp³-hybridized carbons (Fsp3) is 0. The van der Waals surface area contributed by atoms with E-state index in [9.17, 15) is 0 Å². The first-order valence-electron chi connectivity index (χ1n) is 1.58. The summed E-state index contributed by atoms with van der Waals surface area (Å²) in [7, 11) is 0. The molecule has 0 unspecified atom stereocenters. The molecule has 7 heavy (non-hydrogen) atoms. The van der Waals surface area contributed by atoms with E-state index in [4.69, 9.17) is 0 Å². The van der Waals surface area contributed by atoms with Crippen LogP contribution in [0.4, 0.5) is 0 Å². The van der Waals surface area contributed by atoms with E-state index in [0.29, 0.717) is 0 Å². The van der Waals surface area contributed by atoms with Crippen molar-refractivity contribution in [1.82, 2.24) is 4.98 Å². The van der Waals surface area contributed by atoms with Gasteiger partial charge in [-0.15, -0.1) is 0 Å². The molecule has 31 valence electrons. The molecule has 0 fully saturated rings. The first-order chi connectivity index (χ1) is 2.50. The SMILES string of the molecule is [Ga].[Zn].c1cc[nH]c1. The minimum Gasteiger partial charge on any atom is -0.368 e. The second-order valence-electron chi connectivity index (χ2n) is 0.885. The first-order valence-corrected chi connectivity index (χ1v) is 1.58. The Balaban J connectivity index is 0. The Hall–Kier alpha value is 0.540. The fourth-order valence-corrected chi connectivity index (χ4v) is 0.278. The number of hydrogen-bond donors (Lipinski definition) is 1. The summed E-state index contributed by atoms with van der Waals surface area (Å²) in [6.07, 6.45) is 3.75. The average Bonchev–Trinajstić information content (AvgIpc) is 1.76. The van der Waals surface area contributed by atoms with E-state index in [1.165, 1.54) is 0 Å². The summed E-state index contributed by atoms with van der Waals surface area (Å²) in [6.45, 7) is 0. The molecule has 1 N–H and O–H groups in total. The summed E-state index contributed by atoms with van der Waals surface area (Å²) in [4.78, 5) is 2.86. The molecule has 1 aromatic heterocycles. The molecule has 0 saturated carbocycles. The molecule has 1 heterocycles. The number of aromatic amines is 1. The molecule has 0 saturated heterocycles. The molecule has 3 radical (unpaired) electrons. The van der Waals surface area contributed by atoms with E-state index >= 15 is 0 Å². The van der Waals surface area contributed by atoms with Gasteiger partial charge in [0.1, 0.15) is 0 Å². The van der Waals surface area contributed by atoms with Crippen LogP contribution in [0, 0.1) is 0 Å². The molecule has 0 aliphatic carbocycles. The van der Waals surface area contributed by atoms with Crippen LogP contribution in [0.1, 0.15) is 0 Å². The maximum atomic E-state index is 2.86. The van der Waals surface area contributed by atoms with E-state index < -0.39 is 0 Å². The molecule has 0 aromatic carbocycles. The van der Waals surface area contributed by atoms with Crippen molar-refractivity contribution in [3.8, 4) is 0 Å². The van der Waals surface area contributed by atoms with E-state index in [1.807, 2.05) is 24.5 Å². The van der Waals surface area contributed by atoms with Gasteiger partial charge in [0.25, 0.3) is 0 Å². The summed E-state index contributed by atoms with van der Waals surface area (Å²) < 4.78 is 0. The Morgan fingerprint density at radius 3 is 1.57 bits per heavy atom. The van der Waals surface area contributed by atoms with Gasteiger partial charge in [-0.05, 0) is 12.1 Å². The van der Waals surface area contributed by atoms with Crippen molar-refractivity contribution < 1.29 is 19.5 Å². The van der Waals surface area contributed by atoms with Crippen molar-refractivity contribution in [2.24, 2.45) is 0 Å². The van der Waals surface area contributed by atoms with Gasteiger partial charge in [-0.3, -0.25) is 0 Å². The molecule has 1 aromatic rings. The third kappa shape index (κ3) is 4.39. The van der Waals surface area contributed by atoms with Crippen molar-refractivity contribution in [2.45, 2.75) is 0 Å². The van der Waals surface area contributed by atoms with Gasteiger partial charge in [-0.25, -0.2) is 0 Å². The molecule has 0 aliphatic heterocycles. The first kappa shape index (κ1) is 10.5. The van der Waals surface area contributed by atoms with Crippen LogP contribution in [0.3, 0.4) is 0 Å². The monoisotopic (exact) mass is 200 g/mol. The minimum absolute atomic E-state index is 0. The number of rotatable bonds is 0. The molecule has 3 heteroatoms. The van der Waals surface area contributed by atoms with Gasteiger partial charge >= 0.3 is 0 Å². The third-order valence-corrected chi connectivity index (χ3v) is 0.496. The van der Waals surface area contributed by atoms with Gasteiger partial charge in [0, 0.05) is 51.7 Å². The number of aromatic nitrogens is 1. The van der Waals surface area contributed by atoms with Crippen LogP contribution >= 0.6 is 0 Å². The molecular formula is C4H5GaNZn. The Bertz CT molecular complexity index is 68.2. The quantitative estimate of drug-likeness (QED) is 0.594.